The second-order valence-electron chi connectivity index (χ2n) is 7.16. The Balaban J connectivity index is 1.86. The highest BCUT2D eigenvalue weighted by Gasteiger charge is 2.37. The van der Waals surface area contributed by atoms with Gasteiger partial charge >= 0.3 is 0 Å². The van der Waals surface area contributed by atoms with Gasteiger partial charge in [-0.3, -0.25) is 0 Å². The molecule has 0 unspecified atom stereocenters. The molecule has 0 amide bonds. The van der Waals surface area contributed by atoms with E-state index in [1.807, 2.05) is 0 Å². The molecule has 0 saturated heterocycles. The van der Waals surface area contributed by atoms with Crippen LogP contribution < -0.4 is 10.1 Å². The molecule has 1 saturated carbocycles. The smallest absolute Gasteiger partial charge is 0.143 e. The zero-order valence-corrected chi connectivity index (χ0v) is 12.4. The van der Waals surface area contributed by atoms with Crippen LogP contribution in [0.25, 0.3) is 0 Å². The van der Waals surface area contributed by atoms with Crippen molar-refractivity contribution in [3.8, 4) is 5.75 Å². The van der Waals surface area contributed by atoms with Gasteiger partial charge in [-0.2, -0.15) is 0 Å². The minimum absolute atomic E-state index is 0.0640. The Morgan fingerprint density at radius 1 is 1.11 bits per heavy atom. The first-order chi connectivity index (χ1) is 8.99. The van der Waals surface area contributed by atoms with Gasteiger partial charge in [0.25, 0.3) is 0 Å². The zero-order valence-electron chi connectivity index (χ0n) is 12.4. The van der Waals surface area contributed by atoms with E-state index in [4.69, 9.17) is 4.74 Å². The van der Waals surface area contributed by atoms with Gasteiger partial charge in [0.1, 0.15) is 11.4 Å². The summed E-state index contributed by atoms with van der Waals surface area (Å²) < 4.78 is 6.37. The third-order valence-corrected chi connectivity index (χ3v) is 4.54. The van der Waals surface area contributed by atoms with Crippen LogP contribution in [0.2, 0.25) is 0 Å². The molecule has 1 aromatic rings. The van der Waals surface area contributed by atoms with Crippen LogP contribution in [-0.2, 0) is 5.41 Å². The van der Waals surface area contributed by atoms with E-state index in [0.29, 0.717) is 0 Å². The van der Waals surface area contributed by atoms with Crippen LogP contribution in [0.15, 0.2) is 18.2 Å². The topological polar surface area (TPSA) is 21.3 Å². The molecule has 19 heavy (non-hydrogen) atoms. The minimum atomic E-state index is 0.0640. The fraction of sp³-hybridized carbons (Fsp3) is 0.647. The second kappa shape index (κ2) is 4.43. The Hall–Kier alpha value is -1.18. The molecule has 1 spiro atoms. The van der Waals surface area contributed by atoms with Gasteiger partial charge in [0.15, 0.2) is 0 Å². The molecule has 3 rings (SSSR count). The molecule has 2 aliphatic rings. The summed E-state index contributed by atoms with van der Waals surface area (Å²) in [5.41, 5.74) is 2.79. The van der Waals surface area contributed by atoms with Crippen LogP contribution in [-0.4, -0.2) is 12.1 Å². The summed E-state index contributed by atoms with van der Waals surface area (Å²) in [6, 6.07) is 6.62. The van der Waals surface area contributed by atoms with Gasteiger partial charge in [-0.25, -0.2) is 0 Å². The average molecular weight is 259 g/mol. The fourth-order valence-corrected chi connectivity index (χ4v) is 3.22. The fourth-order valence-electron chi connectivity index (χ4n) is 3.22. The van der Waals surface area contributed by atoms with Crippen molar-refractivity contribution in [3.05, 3.63) is 23.8 Å². The molecule has 0 aromatic heterocycles. The SMILES string of the molecule is CC(C)(C)c1ccc2c(c1)NCC1(CCCCC1)O2. The van der Waals surface area contributed by atoms with Crippen molar-refractivity contribution >= 4 is 5.69 Å². The van der Waals surface area contributed by atoms with E-state index in [0.717, 1.165) is 12.3 Å². The number of fused-ring (bicyclic) bond motifs is 1. The lowest BCUT2D eigenvalue weighted by Crippen LogP contribution is -2.47. The van der Waals surface area contributed by atoms with Gasteiger partial charge in [0.05, 0.1) is 12.2 Å². The Morgan fingerprint density at radius 2 is 1.84 bits per heavy atom. The van der Waals surface area contributed by atoms with E-state index >= 15 is 0 Å². The number of hydrogen-bond acceptors (Lipinski definition) is 2. The number of nitrogens with one attached hydrogen (secondary N) is 1. The summed E-state index contributed by atoms with van der Waals surface area (Å²) in [6.07, 6.45) is 6.36. The molecule has 1 aliphatic carbocycles. The maximum atomic E-state index is 6.37. The Kier molecular flexibility index (Phi) is 2.99. The van der Waals surface area contributed by atoms with E-state index in [1.54, 1.807) is 0 Å². The normalized spacial score (nSPS) is 21.4. The molecule has 0 radical (unpaired) electrons. The summed E-state index contributed by atoms with van der Waals surface area (Å²) in [4.78, 5) is 0. The van der Waals surface area contributed by atoms with Crippen LogP contribution in [0, 0.1) is 0 Å². The van der Waals surface area contributed by atoms with Gasteiger partial charge in [-0.15, -0.1) is 0 Å². The van der Waals surface area contributed by atoms with Crippen molar-refractivity contribution in [3.63, 3.8) is 0 Å². The molecule has 1 aliphatic heterocycles. The monoisotopic (exact) mass is 259 g/mol. The van der Waals surface area contributed by atoms with Crippen LogP contribution in [0.3, 0.4) is 0 Å². The molecule has 1 heterocycles. The van der Waals surface area contributed by atoms with E-state index < -0.39 is 0 Å². The number of ether oxygens (including phenoxy) is 1. The highest BCUT2D eigenvalue weighted by atomic mass is 16.5. The van der Waals surface area contributed by atoms with Gasteiger partial charge in [-0.1, -0.05) is 33.3 Å². The third kappa shape index (κ3) is 2.45. The van der Waals surface area contributed by atoms with E-state index in [-0.39, 0.29) is 11.0 Å². The van der Waals surface area contributed by atoms with Gasteiger partial charge < -0.3 is 10.1 Å². The standard InChI is InChI=1S/C17H25NO/c1-16(2,3)13-7-8-15-14(11-13)18-12-17(19-15)9-5-4-6-10-17/h7-8,11,18H,4-6,9-10,12H2,1-3H3. The molecule has 1 N–H and O–H groups in total. The summed E-state index contributed by atoms with van der Waals surface area (Å²) in [6.45, 7) is 7.72. The van der Waals surface area contributed by atoms with Crippen LogP contribution in [0.5, 0.6) is 5.75 Å². The van der Waals surface area contributed by atoms with Gasteiger partial charge in [0, 0.05) is 0 Å². The van der Waals surface area contributed by atoms with Crippen molar-refractivity contribution in [1.29, 1.82) is 0 Å². The van der Waals surface area contributed by atoms with Crippen LogP contribution in [0.4, 0.5) is 5.69 Å². The Morgan fingerprint density at radius 3 is 2.53 bits per heavy atom. The highest BCUT2D eigenvalue weighted by molar-refractivity contribution is 5.61. The predicted octanol–water partition coefficient (Wildman–Crippen LogP) is 4.49. The Labute approximate surface area is 116 Å². The minimum Gasteiger partial charge on any atom is -0.483 e. The first kappa shape index (κ1) is 12.8. The predicted molar refractivity (Wildman–Crippen MR) is 80.1 cm³/mol. The lowest BCUT2D eigenvalue weighted by Gasteiger charge is -2.42. The number of hydrogen-bond donors (Lipinski definition) is 1. The van der Waals surface area contributed by atoms with Crippen molar-refractivity contribution < 1.29 is 4.74 Å². The van der Waals surface area contributed by atoms with E-state index in [9.17, 15) is 0 Å². The molecule has 2 nitrogen and oxygen atoms in total. The number of rotatable bonds is 0. The van der Waals surface area contributed by atoms with E-state index in [1.165, 1.54) is 43.4 Å². The maximum Gasteiger partial charge on any atom is 0.143 e. The van der Waals surface area contributed by atoms with Crippen LogP contribution in [0.1, 0.15) is 58.4 Å². The molecule has 0 atom stereocenters. The maximum absolute atomic E-state index is 6.37. The summed E-state index contributed by atoms with van der Waals surface area (Å²) in [5, 5.41) is 3.61. The number of anilines is 1. The van der Waals surface area contributed by atoms with Crippen LogP contribution >= 0.6 is 0 Å². The third-order valence-electron chi connectivity index (χ3n) is 4.54. The molecular weight excluding hydrogens is 234 g/mol. The lowest BCUT2D eigenvalue weighted by atomic mass is 9.83. The van der Waals surface area contributed by atoms with Crippen molar-refractivity contribution in [2.45, 2.75) is 63.9 Å². The van der Waals surface area contributed by atoms with Crippen molar-refractivity contribution in [2.75, 3.05) is 11.9 Å². The molecule has 104 valence electrons. The lowest BCUT2D eigenvalue weighted by molar-refractivity contribution is 0.0369. The van der Waals surface area contributed by atoms with Crippen molar-refractivity contribution in [2.24, 2.45) is 0 Å². The van der Waals surface area contributed by atoms with Crippen molar-refractivity contribution in [1.82, 2.24) is 0 Å². The average Bonchev–Trinajstić information content (AvgIpc) is 2.38. The number of benzene rings is 1. The summed E-state index contributed by atoms with van der Waals surface area (Å²) in [7, 11) is 0. The summed E-state index contributed by atoms with van der Waals surface area (Å²) in [5.74, 6) is 1.04. The molecule has 2 heteroatoms. The van der Waals surface area contributed by atoms with E-state index in [2.05, 4.69) is 44.3 Å². The second-order valence-corrected chi connectivity index (χ2v) is 7.16. The first-order valence-corrected chi connectivity index (χ1v) is 7.56. The molecular formula is C17H25NO. The zero-order chi connectivity index (χ0) is 13.5. The first-order valence-electron chi connectivity index (χ1n) is 7.56. The van der Waals surface area contributed by atoms with Gasteiger partial charge in [-0.05, 0) is 48.8 Å². The Bertz CT molecular complexity index is 467. The molecule has 1 fully saturated rings. The van der Waals surface area contributed by atoms with Gasteiger partial charge in [0.2, 0.25) is 0 Å². The molecule has 1 aromatic carbocycles. The quantitative estimate of drug-likeness (QED) is 0.741. The highest BCUT2D eigenvalue weighted by Crippen LogP contribution is 2.41. The summed E-state index contributed by atoms with van der Waals surface area (Å²) >= 11 is 0. The largest absolute Gasteiger partial charge is 0.483 e. The molecule has 0 bridgehead atoms.